The lowest BCUT2D eigenvalue weighted by Gasteiger charge is -2.24. The van der Waals surface area contributed by atoms with E-state index in [4.69, 9.17) is 27.4 Å². The number of hydrogen-bond donors (Lipinski definition) is 1. The highest BCUT2D eigenvalue weighted by Crippen LogP contribution is 2.21. The second kappa shape index (κ2) is 5.23. The molecular weight excluding hydrogens is 224 g/mol. The number of ether oxygens (including phenoxy) is 2. The van der Waals surface area contributed by atoms with Gasteiger partial charge in [-0.25, -0.2) is 0 Å². The van der Waals surface area contributed by atoms with Crippen molar-refractivity contribution < 1.29 is 9.47 Å². The molecule has 16 heavy (non-hydrogen) atoms. The quantitative estimate of drug-likeness (QED) is 0.804. The molecule has 0 radical (unpaired) electrons. The minimum absolute atomic E-state index is 0.172. The Morgan fingerprint density at radius 1 is 1.50 bits per heavy atom. The zero-order chi connectivity index (χ0) is 11.4. The lowest BCUT2D eigenvalue weighted by atomic mass is 10.1. The molecule has 1 aromatic heterocycles. The number of hydrogen-bond acceptors (Lipinski definition) is 4. The van der Waals surface area contributed by atoms with E-state index < -0.39 is 0 Å². The van der Waals surface area contributed by atoms with E-state index in [0.717, 1.165) is 31.6 Å². The van der Waals surface area contributed by atoms with Gasteiger partial charge in [0.2, 0.25) is 0 Å². The minimum Gasteiger partial charge on any atom is -0.488 e. The molecule has 0 aliphatic carbocycles. The van der Waals surface area contributed by atoms with E-state index in [1.165, 1.54) is 0 Å². The van der Waals surface area contributed by atoms with Crippen LogP contribution in [-0.2, 0) is 4.74 Å². The van der Waals surface area contributed by atoms with E-state index in [9.17, 15) is 0 Å². The molecule has 2 heterocycles. The van der Waals surface area contributed by atoms with Crippen LogP contribution in [0, 0.1) is 0 Å². The summed E-state index contributed by atoms with van der Waals surface area (Å²) in [6, 6.07) is 1.77. The van der Waals surface area contributed by atoms with Crippen molar-refractivity contribution in [1.29, 1.82) is 0 Å². The topological polar surface area (TPSA) is 57.4 Å². The predicted molar refractivity (Wildman–Crippen MR) is 64.6 cm³/mol. The van der Waals surface area contributed by atoms with E-state index in [-0.39, 0.29) is 6.10 Å². The van der Waals surface area contributed by atoms with Crippen molar-refractivity contribution in [3.63, 3.8) is 0 Å². The second-order valence-electron chi connectivity index (χ2n) is 3.67. The van der Waals surface area contributed by atoms with Crippen LogP contribution >= 0.6 is 12.2 Å². The fourth-order valence-electron chi connectivity index (χ4n) is 1.65. The summed E-state index contributed by atoms with van der Waals surface area (Å²) in [7, 11) is 0. The van der Waals surface area contributed by atoms with Gasteiger partial charge in [-0.3, -0.25) is 4.98 Å². The highest BCUT2D eigenvalue weighted by molar-refractivity contribution is 7.80. The Bertz CT molecular complexity index is 378. The highest BCUT2D eigenvalue weighted by atomic mass is 32.1. The zero-order valence-corrected chi connectivity index (χ0v) is 9.70. The SMILES string of the molecule is NC(=S)c1ccncc1OC1CCOCC1. The summed E-state index contributed by atoms with van der Waals surface area (Å²) in [4.78, 5) is 4.36. The van der Waals surface area contributed by atoms with Crippen LogP contribution < -0.4 is 10.5 Å². The summed E-state index contributed by atoms with van der Waals surface area (Å²) in [6.45, 7) is 1.49. The molecule has 1 fully saturated rings. The van der Waals surface area contributed by atoms with Gasteiger partial charge in [-0.15, -0.1) is 0 Å². The maximum atomic E-state index is 5.84. The third-order valence-electron chi connectivity index (χ3n) is 2.51. The molecule has 0 bridgehead atoms. The van der Waals surface area contributed by atoms with E-state index >= 15 is 0 Å². The standard InChI is InChI=1S/C11H14N2O2S/c12-11(16)9-1-4-13-7-10(9)15-8-2-5-14-6-3-8/h1,4,7-8H,2-3,5-6H2,(H2,12,16). The van der Waals surface area contributed by atoms with Crippen LogP contribution in [0.5, 0.6) is 5.75 Å². The Morgan fingerprint density at radius 2 is 2.25 bits per heavy atom. The molecule has 1 aliphatic heterocycles. The van der Waals surface area contributed by atoms with Gasteiger partial charge >= 0.3 is 0 Å². The summed E-state index contributed by atoms with van der Waals surface area (Å²) >= 11 is 4.96. The van der Waals surface area contributed by atoms with Crippen molar-refractivity contribution in [2.75, 3.05) is 13.2 Å². The van der Waals surface area contributed by atoms with Crippen LogP contribution in [0.15, 0.2) is 18.5 Å². The monoisotopic (exact) mass is 238 g/mol. The first-order valence-corrected chi connectivity index (χ1v) is 5.66. The van der Waals surface area contributed by atoms with Gasteiger partial charge in [0.1, 0.15) is 16.8 Å². The summed E-state index contributed by atoms with van der Waals surface area (Å²) in [5.74, 6) is 0.668. The van der Waals surface area contributed by atoms with Crippen molar-refractivity contribution in [3.8, 4) is 5.75 Å². The molecule has 0 spiro atoms. The molecule has 0 aromatic carbocycles. The Hall–Kier alpha value is -1.20. The first-order chi connectivity index (χ1) is 7.77. The average molecular weight is 238 g/mol. The predicted octanol–water partition coefficient (Wildman–Crippen LogP) is 1.27. The zero-order valence-electron chi connectivity index (χ0n) is 8.89. The molecule has 0 saturated carbocycles. The Kier molecular flexibility index (Phi) is 3.69. The maximum absolute atomic E-state index is 5.84. The molecule has 2 rings (SSSR count). The van der Waals surface area contributed by atoms with Crippen LogP contribution in [0.2, 0.25) is 0 Å². The average Bonchev–Trinajstić information content (AvgIpc) is 2.31. The number of nitrogens with zero attached hydrogens (tertiary/aromatic N) is 1. The Labute approximate surface area is 99.8 Å². The molecule has 0 unspecified atom stereocenters. The summed E-state index contributed by atoms with van der Waals surface area (Å²) in [5, 5.41) is 0. The smallest absolute Gasteiger partial charge is 0.148 e. The van der Waals surface area contributed by atoms with E-state index in [0.29, 0.717) is 10.7 Å². The normalized spacial score (nSPS) is 17.0. The molecular formula is C11H14N2O2S. The van der Waals surface area contributed by atoms with Gasteiger partial charge in [-0.05, 0) is 6.07 Å². The second-order valence-corrected chi connectivity index (χ2v) is 4.11. The summed E-state index contributed by atoms with van der Waals surface area (Å²) in [6.07, 6.45) is 5.28. The number of pyridine rings is 1. The molecule has 1 saturated heterocycles. The van der Waals surface area contributed by atoms with Crippen molar-refractivity contribution in [2.45, 2.75) is 18.9 Å². The van der Waals surface area contributed by atoms with Crippen molar-refractivity contribution in [3.05, 3.63) is 24.0 Å². The van der Waals surface area contributed by atoms with Crippen molar-refractivity contribution >= 4 is 17.2 Å². The number of aromatic nitrogens is 1. The third-order valence-corrected chi connectivity index (χ3v) is 2.73. The Morgan fingerprint density at radius 3 is 2.94 bits per heavy atom. The minimum atomic E-state index is 0.172. The third kappa shape index (κ3) is 2.68. The molecule has 2 N–H and O–H groups in total. The molecule has 0 atom stereocenters. The largest absolute Gasteiger partial charge is 0.488 e. The molecule has 4 nitrogen and oxygen atoms in total. The van der Waals surface area contributed by atoms with E-state index in [2.05, 4.69) is 4.98 Å². The Balaban J connectivity index is 2.10. The summed E-state index contributed by atoms with van der Waals surface area (Å²) < 4.78 is 11.1. The molecule has 0 amide bonds. The molecule has 86 valence electrons. The van der Waals surface area contributed by atoms with Crippen molar-refractivity contribution in [1.82, 2.24) is 4.98 Å². The van der Waals surface area contributed by atoms with E-state index in [1.54, 1.807) is 18.5 Å². The molecule has 1 aromatic rings. The first kappa shape index (κ1) is 11.3. The fraction of sp³-hybridized carbons (Fsp3) is 0.455. The van der Waals surface area contributed by atoms with Crippen LogP contribution in [0.1, 0.15) is 18.4 Å². The van der Waals surface area contributed by atoms with Crippen LogP contribution in [0.4, 0.5) is 0 Å². The van der Waals surface area contributed by atoms with Gasteiger partial charge in [-0.1, -0.05) is 12.2 Å². The number of nitrogens with two attached hydrogens (primary N) is 1. The molecule has 1 aliphatic rings. The fourth-order valence-corrected chi connectivity index (χ4v) is 1.82. The number of rotatable bonds is 3. The van der Waals surface area contributed by atoms with Crippen LogP contribution in [-0.4, -0.2) is 29.3 Å². The maximum Gasteiger partial charge on any atom is 0.148 e. The van der Waals surface area contributed by atoms with Crippen LogP contribution in [0.25, 0.3) is 0 Å². The van der Waals surface area contributed by atoms with Gasteiger partial charge in [0.05, 0.1) is 25.0 Å². The number of thiocarbonyl (C=S) groups is 1. The summed E-state index contributed by atoms with van der Waals surface area (Å²) in [5.41, 5.74) is 6.37. The van der Waals surface area contributed by atoms with Gasteiger partial charge in [-0.2, -0.15) is 0 Å². The lowest BCUT2D eigenvalue weighted by Crippen LogP contribution is -2.27. The molecule has 5 heteroatoms. The van der Waals surface area contributed by atoms with Gasteiger partial charge in [0.15, 0.2) is 0 Å². The highest BCUT2D eigenvalue weighted by Gasteiger charge is 2.17. The van der Waals surface area contributed by atoms with Gasteiger partial charge in [0, 0.05) is 19.0 Å². The van der Waals surface area contributed by atoms with Crippen LogP contribution in [0.3, 0.4) is 0 Å². The lowest BCUT2D eigenvalue weighted by molar-refractivity contribution is 0.0253. The first-order valence-electron chi connectivity index (χ1n) is 5.25. The van der Waals surface area contributed by atoms with Gasteiger partial charge < -0.3 is 15.2 Å². The van der Waals surface area contributed by atoms with Gasteiger partial charge in [0.25, 0.3) is 0 Å². The van der Waals surface area contributed by atoms with E-state index in [1.807, 2.05) is 0 Å². The van der Waals surface area contributed by atoms with Crippen molar-refractivity contribution in [2.24, 2.45) is 5.73 Å².